The molecule has 1 aliphatic carbocycles. The van der Waals surface area contributed by atoms with Crippen LogP contribution in [0.15, 0.2) is 17.5 Å². The Morgan fingerprint density at radius 2 is 2.24 bits per heavy atom. The van der Waals surface area contributed by atoms with Crippen LogP contribution in [0.2, 0.25) is 0 Å². The maximum Gasteiger partial charge on any atom is 0.316 e. The molecule has 90 valence electrons. The summed E-state index contributed by atoms with van der Waals surface area (Å²) in [5.41, 5.74) is 0. The molecule has 0 radical (unpaired) electrons. The molecule has 1 fully saturated rings. The van der Waals surface area contributed by atoms with Crippen molar-refractivity contribution in [3.05, 3.63) is 22.4 Å². The van der Waals surface area contributed by atoms with E-state index in [1.54, 1.807) is 0 Å². The standard InChI is InChI=1S/C12H12O4S/c1-16-12(15)11-8(10-3-2-4-17-10)5-7(13)6-9(11)14/h2-4,8,11H,5-6H2,1H3/t8-,11-/m1/s1. The van der Waals surface area contributed by atoms with Crippen molar-refractivity contribution < 1.29 is 19.1 Å². The molecule has 4 nitrogen and oxygen atoms in total. The molecule has 0 amide bonds. The fraction of sp³-hybridized carbons (Fsp3) is 0.417. The summed E-state index contributed by atoms with van der Waals surface area (Å²) >= 11 is 1.45. The second-order valence-electron chi connectivity index (χ2n) is 4.01. The van der Waals surface area contributed by atoms with Gasteiger partial charge in [-0.1, -0.05) is 6.07 Å². The van der Waals surface area contributed by atoms with Gasteiger partial charge in [-0.05, 0) is 11.4 Å². The molecule has 0 aliphatic heterocycles. The van der Waals surface area contributed by atoms with Crippen molar-refractivity contribution in [1.82, 2.24) is 0 Å². The molecular weight excluding hydrogens is 240 g/mol. The summed E-state index contributed by atoms with van der Waals surface area (Å²) in [6, 6.07) is 3.69. The van der Waals surface area contributed by atoms with Crippen LogP contribution in [0.5, 0.6) is 0 Å². The van der Waals surface area contributed by atoms with Gasteiger partial charge in [-0.2, -0.15) is 0 Å². The zero-order valence-corrected chi connectivity index (χ0v) is 10.2. The van der Waals surface area contributed by atoms with Crippen molar-refractivity contribution in [2.45, 2.75) is 18.8 Å². The summed E-state index contributed by atoms with van der Waals surface area (Å²) in [6.45, 7) is 0. The Hall–Kier alpha value is -1.49. The van der Waals surface area contributed by atoms with E-state index in [1.807, 2.05) is 17.5 Å². The highest BCUT2D eigenvalue weighted by Crippen LogP contribution is 2.37. The number of carbonyl (C=O) groups is 3. The summed E-state index contributed by atoms with van der Waals surface area (Å²) in [5.74, 6) is -2.14. The lowest BCUT2D eigenvalue weighted by Crippen LogP contribution is -2.37. The average Bonchev–Trinajstić information content (AvgIpc) is 2.80. The third-order valence-corrected chi connectivity index (χ3v) is 3.94. The number of ketones is 2. The maximum absolute atomic E-state index is 11.8. The summed E-state index contributed by atoms with van der Waals surface area (Å²) < 4.78 is 4.66. The van der Waals surface area contributed by atoms with Gasteiger partial charge in [0.15, 0.2) is 5.78 Å². The van der Waals surface area contributed by atoms with Crippen LogP contribution < -0.4 is 0 Å². The molecule has 2 rings (SSSR count). The molecule has 0 N–H and O–H groups in total. The fourth-order valence-corrected chi connectivity index (χ4v) is 3.02. The van der Waals surface area contributed by atoms with Gasteiger partial charge in [0.1, 0.15) is 11.7 Å². The van der Waals surface area contributed by atoms with Gasteiger partial charge in [-0.15, -0.1) is 11.3 Å². The van der Waals surface area contributed by atoms with Gasteiger partial charge in [0, 0.05) is 17.2 Å². The van der Waals surface area contributed by atoms with Crippen molar-refractivity contribution in [1.29, 1.82) is 0 Å². The van der Waals surface area contributed by atoms with Crippen molar-refractivity contribution in [2.24, 2.45) is 5.92 Å². The highest BCUT2D eigenvalue weighted by Gasteiger charge is 2.42. The Balaban J connectivity index is 2.34. The van der Waals surface area contributed by atoms with Crippen LogP contribution in [-0.4, -0.2) is 24.6 Å². The molecule has 0 aromatic carbocycles. The number of carbonyl (C=O) groups excluding carboxylic acids is 3. The van der Waals surface area contributed by atoms with Gasteiger partial charge in [0.05, 0.1) is 13.5 Å². The van der Waals surface area contributed by atoms with Crippen LogP contribution in [0, 0.1) is 5.92 Å². The van der Waals surface area contributed by atoms with Crippen LogP contribution >= 0.6 is 11.3 Å². The van der Waals surface area contributed by atoms with E-state index in [9.17, 15) is 14.4 Å². The van der Waals surface area contributed by atoms with Crippen LogP contribution in [0.1, 0.15) is 23.6 Å². The smallest absolute Gasteiger partial charge is 0.316 e. The lowest BCUT2D eigenvalue weighted by Gasteiger charge is -2.26. The van der Waals surface area contributed by atoms with E-state index in [1.165, 1.54) is 18.4 Å². The Bertz CT molecular complexity index is 449. The van der Waals surface area contributed by atoms with E-state index in [4.69, 9.17) is 0 Å². The van der Waals surface area contributed by atoms with Crippen molar-refractivity contribution in [3.8, 4) is 0 Å². The first-order chi connectivity index (χ1) is 8.13. The molecule has 2 atom stereocenters. The second kappa shape index (κ2) is 4.79. The van der Waals surface area contributed by atoms with E-state index in [0.29, 0.717) is 0 Å². The summed E-state index contributed by atoms with van der Waals surface area (Å²) in [5, 5.41) is 1.87. The number of ether oxygens (including phenoxy) is 1. The van der Waals surface area contributed by atoms with E-state index in [0.717, 1.165) is 4.88 Å². The highest BCUT2D eigenvalue weighted by molar-refractivity contribution is 7.10. The topological polar surface area (TPSA) is 60.4 Å². The van der Waals surface area contributed by atoms with Gasteiger partial charge in [0.2, 0.25) is 0 Å². The van der Waals surface area contributed by atoms with Crippen LogP contribution in [-0.2, 0) is 19.1 Å². The summed E-state index contributed by atoms with van der Waals surface area (Å²) in [4.78, 5) is 35.8. The minimum absolute atomic E-state index is 0.103. The van der Waals surface area contributed by atoms with E-state index in [2.05, 4.69) is 4.74 Å². The molecule has 1 aromatic rings. The summed E-state index contributed by atoms with van der Waals surface area (Å²) in [7, 11) is 1.26. The third-order valence-electron chi connectivity index (χ3n) is 2.93. The molecule has 1 heterocycles. The highest BCUT2D eigenvalue weighted by atomic mass is 32.1. The quantitative estimate of drug-likeness (QED) is 0.592. The number of esters is 1. The summed E-state index contributed by atoms with van der Waals surface area (Å²) in [6.07, 6.45) is 0.0909. The average molecular weight is 252 g/mol. The molecule has 17 heavy (non-hydrogen) atoms. The first kappa shape index (κ1) is 12.0. The minimum Gasteiger partial charge on any atom is -0.468 e. The monoisotopic (exact) mass is 252 g/mol. The SMILES string of the molecule is COC(=O)[C@H]1C(=O)CC(=O)C[C@@H]1c1cccs1. The van der Waals surface area contributed by atoms with Gasteiger partial charge in [-0.25, -0.2) is 0 Å². The van der Waals surface area contributed by atoms with Crippen LogP contribution in [0.3, 0.4) is 0 Å². The number of thiophene rings is 1. The first-order valence-electron chi connectivity index (χ1n) is 5.29. The van der Waals surface area contributed by atoms with Crippen molar-refractivity contribution in [2.75, 3.05) is 7.11 Å². The Labute approximate surface area is 103 Å². The minimum atomic E-state index is -0.823. The van der Waals surface area contributed by atoms with Crippen LogP contribution in [0.25, 0.3) is 0 Å². The third kappa shape index (κ3) is 2.29. The first-order valence-corrected chi connectivity index (χ1v) is 6.17. The molecule has 1 saturated carbocycles. The predicted molar refractivity (Wildman–Crippen MR) is 61.8 cm³/mol. The molecule has 0 saturated heterocycles. The zero-order chi connectivity index (χ0) is 12.4. The predicted octanol–water partition coefficient (Wildman–Crippen LogP) is 1.55. The number of Topliss-reactive ketones (excluding diaryl/α,β-unsaturated/α-hetero) is 2. The molecule has 0 unspecified atom stereocenters. The Kier molecular flexibility index (Phi) is 3.38. The number of hydrogen-bond donors (Lipinski definition) is 0. The molecular formula is C12H12O4S. The van der Waals surface area contributed by atoms with E-state index < -0.39 is 11.9 Å². The molecule has 5 heteroatoms. The van der Waals surface area contributed by atoms with E-state index in [-0.39, 0.29) is 30.3 Å². The van der Waals surface area contributed by atoms with Crippen molar-refractivity contribution in [3.63, 3.8) is 0 Å². The van der Waals surface area contributed by atoms with Gasteiger partial charge < -0.3 is 4.74 Å². The number of rotatable bonds is 2. The maximum atomic E-state index is 11.8. The fourth-order valence-electron chi connectivity index (χ4n) is 2.15. The molecule has 1 aliphatic rings. The lowest BCUT2D eigenvalue weighted by atomic mass is 9.77. The second-order valence-corrected chi connectivity index (χ2v) is 4.99. The molecule has 1 aromatic heterocycles. The van der Waals surface area contributed by atoms with Gasteiger partial charge in [-0.3, -0.25) is 14.4 Å². The number of methoxy groups -OCH3 is 1. The normalized spacial score (nSPS) is 24.8. The van der Waals surface area contributed by atoms with Crippen LogP contribution in [0.4, 0.5) is 0 Å². The molecule has 0 bridgehead atoms. The zero-order valence-electron chi connectivity index (χ0n) is 9.34. The Morgan fingerprint density at radius 1 is 1.47 bits per heavy atom. The van der Waals surface area contributed by atoms with Gasteiger partial charge >= 0.3 is 5.97 Å². The largest absolute Gasteiger partial charge is 0.468 e. The van der Waals surface area contributed by atoms with Crippen molar-refractivity contribution >= 4 is 28.9 Å². The lowest BCUT2D eigenvalue weighted by molar-refractivity contribution is -0.152. The Morgan fingerprint density at radius 3 is 2.82 bits per heavy atom. The molecule has 0 spiro atoms. The number of hydrogen-bond acceptors (Lipinski definition) is 5. The van der Waals surface area contributed by atoms with E-state index >= 15 is 0 Å². The van der Waals surface area contributed by atoms with Gasteiger partial charge in [0.25, 0.3) is 0 Å².